The molecular weight excluding hydrogens is 457 g/mol. The van der Waals surface area contributed by atoms with Crippen LogP contribution in [0.15, 0.2) is 59.8 Å². The van der Waals surface area contributed by atoms with Crippen LogP contribution in [0.2, 0.25) is 0 Å². The quantitative estimate of drug-likeness (QED) is 0.419. The van der Waals surface area contributed by atoms with Gasteiger partial charge in [0.25, 0.3) is 5.91 Å². The van der Waals surface area contributed by atoms with Crippen LogP contribution in [-0.4, -0.2) is 32.7 Å². The number of rotatable bonds is 9. The fraction of sp³-hybridized carbons (Fsp3) is 0.318. The van der Waals surface area contributed by atoms with E-state index in [2.05, 4.69) is 15.5 Å². The van der Waals surface area contributed by atoms with Gasteiger partial charge >= 0.3 is 6.18 Å². The number of halogens is 3. The van der Waals surface area contributed by atoms with Crippen LogP contribution in [0.4, 0.5) is 13.2 Å². The first-order valence-corrected chi connectivity index (χ1v) is 12.2. The van der Waals surface area contributed by atoms with Crippen LogP contribution >= 0.6 is 23.5 Å². The van der Waals surface area contributed by atoms with Crippen molar-refractivity contribution in [1.82, 2.24) is 20.1 Å². The molecule has 1 aromatic heterocycles. The van der Waals surface area contributed by atoms with Crippen molar-refractivity contribution in [2.45, 2.75) is 29.5 Å². The van der Waals surface area contributed by atoms with Gasteiger partial charge in [0.15, 0.2) is 11.0 Å². The number of benzene rings is 2. The monoisotopic (exact) mass is 480 g/mol. The number of nitrogens with zero attached hydrogens (tertiary/aromatic N) is 3. The summed E-state index contributed by atoms with van der Waals surface area (Å²) in [6.45, 7) is 0. The van der Waals surface area contributed by atoms with E-state index in [-0.39, 0.29) is 5.56 Å². The van der Waals surface area contributed by atoms with Crippen molar-refractivity contribution in [3.05, 3.63) is 77.1 Å². The maximum absolute atomic E-state index is 12.8. The highest BCUT2D eigenvalue weighted by atomic mass is 32.2. The summed E-state index contributed by atoms with van der Waals surface area (Å²) >= 11 is 3.18. The Morgan fingerprint density at radius 2 is 1.78 bits per heavy atom. The Kier molecular flexibility index (Phi) is 8.25. The molecule has 5 nitrogen and oxygen atoms in total. The van der Waals surface area contributed by atoms with E-state index in [1.807, 2.05) is 48.2 Å². The molecular formula is C22H23F3N4OS2. The van der Waals surface area contributed by atoms with Crippen molar-refractivity contribution in [3.63, 3.8) is 0 Å². The van der Waals surface area contributed by atoms with E-state index in [9.17, 15) is 18.0 Å². The van der Waals surface area contributed by atoms with E-state index in [0.29, 0.717) is 12.2 Å². The maximum Gasteiger partial charge on any atom is 0.416 e. The highest BCUT2D eigenvalue weighted by molar-refractivity contribution is 7.98. The third-order valence-electron chi connectivity index (χ3n) is 4.78. The Balaban J connectivity index is 1.73. The average Bonchev–Trinajstić information content (AvgIpc) is 3.15. The van der Waals surface area contributed by atoms with Crippen LogP contribution in [0.1, 0.15) is 39.8 Å². The van der Waals surface area contributed by atoms with Gasteiger partial charge in [-0.05, 0) is 48.3 Å². The van der Waals surface area contributed by atoms with Crippen molar-refractivity contribution in [3.8, 4) is 0 Å². The summed E-state index contributed by atoms with van der Waals surface area (Å²) in [5, 5.41) is 12.2. The molecule has 0 saturated carbocycles. The first kappa shape index (κ1) is 24.2. The van der Waals surface area contributed by atoms with Gasteiger partial charge < -0.3 is 9.88 Å². The number of thioether (sulfide) groups is 2. The molecule has 3 rings (SSSR count). The number of carbonyl (C=O) groups is 1. The zero-order chi connectivity index (χ0) is 23.1. The van der Waals surface area contributed by atoms with Crippen molar-refractivity contribution in [2.24, 2.45) is 7.05 Å². The van der Waals surface area contributed by atoms with Crippen LogP contribution in [0, 0.1) is 0 Å². The minimum absolute atomic E-state index is 0.160. The maximum atomic E-state index is 12.8. The molecule has 0 saturated heterocycles. The molecule has 1 heterocycles. The number of hydrogen-bond donors (Lipinski definition) is 1. The van der Waals surface area contributed by atoms with Gasteiger partial charge in [0.2, 0.25) is 0 Å². The largest absolute Gasteiger partial charge is 0.416 e. The van der Waals surface area contributed by atoms with Gasteiger partial charge in [0, 0.05) is 18.4 Å². The fourth-order valence-electron chi connectivity index (χ4n) is 3.03. The molecule has 32 heavy (non-hydrogen) atoms. The lowest BCUT2D eigenvalue weighted by atomic mass is 10.1. The van der Waals surface area contributed by atoms with Crippen LogP contribution in [-0.2, 0) is 19.0 Å². The smallest absolute Gasteiger partial charge is 0.342 e. The predicted molar refractivity (Wildman–Crippen MR) is 122 cm³/mol. The second-order valence-electron chi connectivity index (χ2n) is 7.06. The molecule has 0 aliphatic heterocycles. The molecule has 0 aliphatic carbocycles. The van der Waals surface area contributed by atoms with E-state index in [0.717, 1.165) is 34.4 Å². The summed E-state index contributed by atoms with van der Waals surface area (Å²) in [7, 11) is 1.85. The van der Waals surface area contributed by atoms with Crippen molar-refractivity contribution >= 4 is 29.4 Å². The third kappa shape index (κ3) is 6.29. The minimum atomic E-state index is -4.44. The zero-order valence-corrected chi connectivity index (χ0v) is 19.2. The van der Waals surface area contributed by atoms with E-state index >= 15 is 0 Å². The molecule has 3 aromatic rings. The molecule has 1 N–H and O–H groups in total. The van der Waals surface area contributed by atoms with Gasteiger partial charge in [-0.2, -0.15) is 24.9 Å². The van der Waals surface area contributed by atoms with Gasteiger partial charge in [-0.1, -0.05) is 42.1 Å². The zero-order valence-electron chi connectivity index (χ0n) is 17.6. The van der Waals surface area contributed by atoms with Crippen LogP contribution in [0.3, 0.4) is 0 Å². The topological polar surface area (TPSA) is 59.8 Å². The highest BCUT2D eigenvalue weighted by Gasteiger charge is 2.30. The average molecular weight is 481 g/mol. The molecule has 1 atom stereocenters. The number of alkyl halides is 3. The Bertz CT molecular complexity index is 1020. The first-order chi connectivity index (χ1) is 15.3. The summed E-state index contributed by atoms with van der Waals surface area (Å²) in [5.41, 5.74) is 0.533. The lowest BCUT2D eigenvalue weighted by molar-refractivity contribution is -0.137. The molecule has 0 unspecified atom stereocenters. The SMILES string of the molecule is CSCC[C@@H](NC(=O)c1ccc(C(F)(F)F)cc1)c1nnc(SCc2ccccc2)n1C. The molecule has 0 radical (unpaired) electrons. The van der Waals surface area contributed by atoms with Gasteiger partial charge in [-0.25, -0.2) is 0 Å². The molecule has 170 valence electrons. The summed E-state index contributed by atoms with van der Waals surface area (Å²) in [6.07, 6.45) is -1.86. The van der Waals surface area contributed by atoms with Crippen LogP contribution in [0.25, 0.3) is 0 Å². The standard InChI is InChI=1S/C22H23F3N4OS2/c1-29-19(27-28-21(29)32-14-15-6-4-3-5-7-15)18(12-13-31-2)26-20(30)16-8-10-17(11-9-16)22(23,24)25/h3-11,18H,12-14H2,1-2H3,(H,26,30)/t18-/m1/s1. The number of carbonyl (C=O) groups excluding carboxylic acids is 1. The lowest BCUT2D eigenvalue weighted by Crippen LogP contribution is -2.31. The summed E-state index contributed by atoms with van der Waals surface area (Å²) in [5.74, 6) is 1.67. The Morgan fingerprint density at radius 1 is 1.09 bits per heavy atom. The summed E-state index contributed by atoms with van der Waals surface area (Å²) in [6, 6.07) is 13.8. The normalized spacial score (nSPS) is 12.5. The number of nitrogens with one attached hydrogen (secondary N) is 1. The second-order valence-corrected chi connectivity index (χ2v) is 8.98. The van der Waals surface area contributed by atoms with E-state index in [1.165, 1.54) is 12.1 Å². The van der Waals surface area contributed by atoms with Crippen LogP contribution in [0.5, 0.6) is 0 Å². The predicted octanol–water partition coefficient (Wildman–Crippen LogP) is 5.35. The van der Waals surface area contributed by atoms with Gasteiger partial charge in [-0.3, -0.25) is 4.79 Å². The first-order valence-electron chi connectivity index (χ1n) is 9.82. The number of amides is 1. The van der Waals surface area contributed by atoms with Crippen molar-refractivity contribution < 1.29 is 18.0 Å². The number of aromatic nitrogens is 3. The fourth-order valence-corrected chi connectivity index (χ4v) is 4.38. The molecule has 10 heteroatoms. The van der Waals surface area contributed by atoms with Gasteiger partial charge in [0.1, 0.15) is 0 Å². The van der Waals surface area contributed by atoms with Gasteiger partial charge in [0.05, 0.1) is 11.6 Å². The molecule has 1 amide bonds. The second kappa shape index (κ2) is 10.9. The minimum Gasteiger partial charge on any atom is -0.342 e. The van der Waals surface area contributed by atoms with E-state index in [1.54, 1.807) is 23.5 Å². The van der Waals surface area contributed by atoms with Crippen molar-refractivity contribution in [2.75, 3.05) is 12.0 Å². The Labute approximate surface area is 193 Å². The molecule has 0 aliphatic rings. The molecule has 0 spiro atoms. The third-order valence-corrected chi connectivity index (χ3v) is 6.52. The van der Waals surface area contributed by atoms with Crippen LogP contribution < -0.4 is 5.32 Å². The molecule has 0 bridgehead atoms. The number of hydrogen-bond acceptors (Lipinski definition) is 5. The molecule has 0 fully saturated rings. The lowest BCUT2D eigenvalue weighted by Gasteiger charge is -2.18. The van der Waals surface area contributed by atoms with Crippen molar-refractivity contribution in [1.29, 1.82) is 0 Å². The summed E-state index contributed by atoms with van der Waals surface area (Å²) < 4.78 is 40.2. The Hall–Kier alpha value is -2.46. The van der Waals surface area contributed by atoms with Gasteiger partial charge in [-0.15, -0.1) is 10.2 Å². The summed E-state index contributed by atoms with van der Waals surface area (Å²) in [4.78, 5) is 12.7. The highest BCUT2D eigenvalue weighted by Crippen LogP contribution is 2.29. The van der Waals surface area contributed by atoms with E-state index in [4.69, 9.17) is 0 Å². The van der Waals surface area contributed by atoms with E-state index < -0.39 is 23.7 Å². The Morgan fingerprint density at radius 3 is 2.41 bits per heavy atom. The molecule has 2 aromatic carbocycles.